The Bertz CT molecular complexity index is 474. The van der Waals surface area contributed by atoms with Crippen LogP contribution in [0.3, 0.4) is 0 Å². The molecule has 0 bridgehead atoms. The molecule has 110 valence electrons. The van der Waals surface area contributed by atoms with Gasteiger partial charge in [0.05, 0.1) is 18.1 Å². The largest absolute Gasteiger partial charge is 0.491 e. The van der Waals surface area contributed by atoms with Crippen LogP contribution in [-0.2, 0) is 4.79 Å². The summed E-state index contributed by atoms with van der Waals surface area (Å²) in [7, 11) is 0. The van der Waals surface area contributed by atoms with Crippen LogP contribution in [0.2, 0.25) is 10.0 Å². The molecule has 1 heterocycles. The van der Waals surface area contributed by atoms with Crippen molar-refractivity contribution < 1.29 is 9.53 Å². The van der Waals surface area contributed by atoms with Crippen molar-refractivity contribution in [1.29, 1.82) is 0 Å². The Balaban J connectivity index is 1.78. The second-order valence-corrected chi connectivity index (χ2v) is 5.65. The molecule has 0 aromatic heterocycles. The number of rotatable bonds is 4. The van der Waals surface area contributed by atoms with E-state index in [1.165, 1.54) is 0 Å². The number of nitrogens with two attached hydrogens (primary N) is 1. The number of benzene rings is 1. The molecule has 2 N–H and O–H groups in total. The maximum absolute atomic E-state index is 12.0. The van der Waals surface area contributed by atoms with Crippen LogP contribution in [0.5, 0.6) is 5.75 Å². The van der Waals surface area contributed by atoms with Gasteiger partial charge in [0.1, 0.15) is 10.8 Å². The van der Waals surface area contributed by atoms with Crippen LogP contribution < -0.4 is 10.5 Å². The van der Waals surface area contributed by atoms with Crippen LogP contribution in [0.15, 0.2) is 18.2 Å². The van der Waals surface area contributed by atoms with Crippen LogP contribution in [0, 0.1) is 0 Å². The molecule has 0 saturated carbocycles. The number of ether oxygens (including phenoxy) is 1. The first kappa shape index (κ1) is 15.4. The van der Waals surface area contributed by atoms with Crippen molar-refractivity contribution in [2.75, 3.05) is 19.7 Å². The predicted octanol–water partition coefficient (Wildman–Crippen LogP) is 2.71. The summed E-state index contributed by atoms with van der Waals surface area (Å²) in [6.45, 7) is 1.76. The molecule has 2 rings (SSSR count). The Morgan fingerprint density at radius 1 is 1.35 bits per heavy atom. The Morgan fingerprint density at radius 2 is 2.05 bits per heavy atom. The Hall–Kier alpha value is -0.970. The van der Waals surface area contributed by atoms with Gasteiger partial charge in [0.25, 0.3) is 0 Å². The Labute approximate surface area is 128 Å². The number of likely N-dealkylation sites (tertiary alicyclic amines) is 1. The lowest BCUT2D eigenvalue weighted by Crippen LogP contribution is -2.43. The minimum Gasteiger partial charge on any atom is -0.491 e. The number of halogens is 2. The van der Waals surface area contributed by atoms with Gasteiger partial charge < -0.3 is 15.4 Å². The highest BCUT2D eigenvalue weighted by atomic mass is 35.5. The number of carbonyl (C=O) groups is 1. The molecule has 1 aromatic carbocycles. The molecule has 1 saturated heterocycles. The first-order chi connectivity index (χ1) is 9.58. The lowest BCUT2D eigenvalue weighted by Gasteiger charge is -2.30. The van der Waals surface area contributed by atoms with E-state index in [0.29, 0.717) is 28.8 Å². The van der Waals surface area contributed by atoms with E-state index < -0.39 is 0 Å². The summed E-state index contributed by atoms with van der Waals surface area (Å²) in [5.74, 6) is 0.600. The van der Waals surface area contributed by atoms with E-state index in [0.717, 1.165) is 25.9 Å². The highest BCUT2D eigenvalue weighted by Gasteiger charge is 2.20. The van der Waals surface area contributed by atoms with Gasteiger partial charge in [0.2, 0.25) is 5.91 Å². The standard InChI is InChI=1S/C14H18Cl2N2O2/c15-11-2-1-3-12(14(11)16)20-9-6-13(19)18-7-4-10(17)5-8-18/h1-3,10H,4-9,17H2. The number of hydrogen-bond donors (Lipinski definition) is 1. The molecule has 4 nitrogen and oxygen atoms in total. The molecule has 20 heavy (non-hydrogen) atoms. The number of hydrogen-bond acceptors (Lipinski definition) is 3. The summed E-state index contributed by atoms with van der Waals surface area (Å²) in [4.78, 5) is 13.8. The molecule has 6 heteroatoms. The minimum atomic E-state index is 0.0926. The highest BCUT2D eigenvalue weighted by Crippen LogP contribution is 2.31. The summed E-state index contributed by atoms with van der Waals surface area (Å²) in [6.07, 6.45) is 2.07. The summed E-state index contributed by atoms with van der Waals surface area (Å²) in [5, 5.41) is 0.825. The van der Waals surface area contributed by atoms with E-state index in [9.17, 15) is 4.79 Å². The molecule has 0 aliphatic carbocycles. The zero-order chi connectivity index (χ0) is 14.5. The van der Waals surface area contributed by atoms with Crippen molar-refractivity contribution >= 4 is 29.1 Å². The number of piperidine rings is 1. The Kier molecular flexibility index (Phi) is 5.52. The molecule has 0 unspecified atom stereocenters. The fourth-order valence-electron chi connectivity index (χ4n) is 2.15. The lowest BCUT2D eigenvalue weighted by molar-refractivity contribution is -0.132. The number of carbonyl (C=O) groups excluding carboxylic acids is 1. The fourth-order valence-corrected chi connectivity index (χ4v) is 2.50. The van der Waals surface area contributed by atoms with Gasteiger partial charge in [0, 0.05) is 19.1 Å². The number of nitrogens with zero attached hydrogens (tertiary/aromatic N) is 1. The third-order valence-electron chi connectivity index (χ3n) is 3.38. The summed E-state index contributed by atoms with van der Waals surface area (Å²) in [6, 6.07) is 5.41. The molecule has 0 spiro atoms. The second kappa shape index (κ2) is 7.16. The highest BCUT2D eigenvalue weighted by molar-refractivity contribution is 6.42. The lowest BCUT2D eigenvalue weighted by atomic mass is 10.1. The van der Waals surface area contributed by atoms with Gasteiger partial charge in [-0.15, -0.1) is 0 Å². The van der Waals surface area contributed by atoms with Crippen molar-refractivity contribution in [1.82, 2.24) is 4.90 Å². The van der Waals surface area contributed by atoms with Gasteiger partial charge in [0.15, 0.2) is 0 Å². The fraction of sp³-hybridized carbons (Fsp3) is 0.500. The van der Waals surface area contributed by atoms with E-state index in [-0.39, 0.29) is 11.9 Å². The van der Waals surface area contributed by atoms with Gasteiger partial charge in [-0.05, 0) is 25.0 Å². The average molecular weight is 317 g/mol. The van der Waals surface area contributed by atoms with E-state index >= 15 is 0 Å². The maximum Gasteiger partial charge on any atom is 0.225 e. The van der Waals surface area contributed by atoms with Crippen LogP contribution in [0.25, 0.3) is 0 Å². The zero-order valence-corrected chi connectivity index (χ0v) is 12.7. The van der Waals surface area contributed by atoms with E-state index in [1.807, 2.05) is 4.90 Å². The first-order valence-corrected chi connectivity index (χ1v) is 7.43. The average Bonchev–Trinajstić information content (AvgIpc) is 2.44. The summed E-state index contributed by atoms with van der Waals surface area (Å²) < 4.78 is 5.51. The zero-order valence-electron chi connectivity index (χ0n) is 11.1. The van der Waals surface area contributed by atoms with E-state index in [2.05, 4.69) is 0 Å². The second-order valence-electron chi connectivity index (χ2n) is 4.87. The molecular weight excluding hydrogens is 299 g/mol. The molecule has 0 atom stereocenters. The SMILES string of the molecule is NC1CCN(C(=O)CCOc2cccc(Cl)c2Cl)CC1. The molecule has 1 fully saturated rings. The topological polar surface area (TPSA) is 55.6 Å². The van der Waals surface area contributed by atoms with Crippen molar-refractivity contribution in [2.45, 2.75) is 25.3 Å². The van der Waals surface area contributed by atoms with Gasteiger partial charge >= 0.3 is 0 Å². The normalized spacial score (nSPS) is 16.2. The molecular formula is C14H18Cl2N2O2. The molecule has 1 amide bonds. The van der Waals surface area contributed by atoms with Crippen LogP contribution in [0.4, 0.5) is 0 Å². The van der Waals surface area contributed by atoms with E-state index in [1.54, 1.807) is 18.2 Å². The molecule has 1 aromatic rings. The molecule has 1 aliphatic heterocycles. The Morgan fingerprint density at radius 3 is 2.75 bits per heavy atom. The van der Waals surface area contributed by atoms with Crippen molar-refractivity contribution in [3.8, 4) is 5.75 Å². The van der Waals surface area contributed by atoms with Gasteiger partial charge in [-0.25, -0.2) is 0 Å². The first-order valence-electron chi connectivity index (χ1n) is 6.68. The van der Waals surface area contributed by atoms with Crippen molar-refractivity contribution in [3.05, 3.63) is 28.2 Å². The molecule has 1 aliphatic rings. The molecule has 0 radical (unpaired) electrons. The van der Waals surface area contributed by atoms with Crippen molar-refractivity contribution in [3.63, 3.8) is 0 Å². The van der Waals surface area contributed by atoms with Crippen molar-refractivity contribution in [2.24, 2.45) is 5.73 Å². The van der Waals surface area contributed by atoms with Gasteiger partial charge in [-0.3, -0.25) is 4.79 Å². The summed E-state index contributed by atoms with van der Waals surface area (Å²) in [5.41, 5.74) is 5.81. The predicted molar refractivity (Wildman–Crippen MR) is 80.4 cm³/mol. The minimum absolute atomic E-state index is 0.0926. The smallest absolute Gasteiger partial charge is 0.225 e. The monoisotopic (exact) mass is 316 g/mol. The van der Waals surface area contributed by atoms with E-state index in [4.69, 9.17) is 33.7 Å². The van der Waals surface area contributed by atoms with Gasteiger partial charge in [-0.2, -0.15) is 0 Å². The quantitative estimate of drug-likeness (QED) is 0.929. The number of amides is 1. The maximum atomic E-state index is 12.0. The van der Waals surface area contributed by atoms with Crippen LogP contribution in [0.1, 0.15) is 19.3 Å². The third-order valence-corrected chi connectivity index (χ3v) is 4.18. The van der Waals surface area contributed by atoms with Crippen LogP contribution >= 0.6 is 23.2 Å². The van der Waals surface area contributed by atoms with Gasteiger partial charge in [-0.1, -0.05) is 29.3 Å². The summed E-state index contributed by atoms with van der Waals surface area (Å²) >= 11 is 11.9. The van der Waals surface area contributed by atoms with Crippen LogP contribution in [-0.4, -0.2) is 36.5 Å². The third kappa shape index (κ3) is 4.01.